The lowest BCUT2D eigenvalue weighted by Gasteiger charge is -2.32. The summed E-state index contributed by atoms with van der Waals surface area (Å²) in [6.45, 7) is 2.29. The number of nitrogens with zero attached hydrogens (tertiary/aromatic N) is 1. The lowest BCUT2D eigenvalue weighted by Crippen LogP contribution is -2.41. The van der Waals surface area contributed by atoms with Gasteiger partial charge in [0.1, 0.15) is 0 Å². The molecular weight excluding hydrogens is 318 g/mol. The van der Waals surface area contributed by atoms with Crippen molar-refractivity contribution in [3.63, 3.8) is 0 Å². The van der Waals surface area contributed by atoms with E-state index in [0.29, 0.717) is 17.9 Å². The number of ether oxygens (including phenoxy) is 1. The maximum atomic E-state index is 12.8. The van der Waals surface area contributed by atoms with Crippen LogP contribution in [0.3, 0.4) is 0 Å². The zero-order chi connectivity index (χ0) is 16.4. The Morgan fingerprint density at radius 3 is 2.88 bits per heavy atom. The molecule has 3 heterocycles. The van der Waals surface area contributed by atoms with Crippen LogP contribution in [0.5, 0.6) is 0 Å². The van der Waals surface area contributed by atoms with Crippen LogP contribution < -0.4 is 0 Å². The summed E-state index contributed by atoms with van der Waals surface area (Å²) in [6.07, 6.45) is 4.59. The maximum Gasteiger partial charge on any atom is 0.246 e. The topological polar surface area (TPSA) is 29.5 Å². The molecule has 1 aromatic carbocycles. The number of amides is 1. The zero-order valence-corrected chi connectivity index (χ0v) is 14.3. The van der Waals surface area contributed by atoms with Crippen molar-refractivity contribution in [2.75, 3.05) is 19.8 Å². The summed E-state index contributed by atoms with van der Waals surface area (Å²) in [4.78, 5) is 16.0. The standard InChI is InChI=1S/C20H21NO2S/c22-20(9-8-16-7-4-12-24-16)21-13-17(15-5-2-1-3-6-15)18-14-23-11-10-19(18)21/h1-9,12,17-19H,10-11,13-14H2/b9-8+. The van der Waals surface area contributed by atoms with Crippen molar-refractivity contribution in [3.8, 4) is 0 Å². The van der Waals surface area contributed by atoms with Crippen LogP contribution in [0, 0.1) is 5.92 Å². The van der Waals surface area contributed by atoms with Crippen molar-refractivity contribution in [2.45, 2.75) is 18.4 Å². The molecule has 3 unspecified atom stereocenters. The largest absolute Gasteiger partial charge is 0.381 e. The number of thiophene rings is 1. The highest BCUT2D eigenvalue weighted by molar-refractivity contribution is 7.10. The van der Waals surface area contributed by atoms with E-state index in [-0.39, 0.29) is 5.91 Å². The molecule has 0 spiro atoms. The Kier molecular flexibility index (Phi) is 4.50. The minimum Gasteiger partial charge on any atom is -0.381 e. The first kappa shape index (κ1) is 15.6. The monoisotopic (exact) mass is 339 g/mol. The second-order valence-corrected chi connectivity index (χ2v) is 7.43. The molecular formula is C20H21NO2S. The van der Waals surface area contributed by atoms with Gasteiger partial charge in [0.25, 0.3) is 0 Å². The quantitative estimate of drug-likeness (QED) is 0.796. The third kappa shape index (κ3) is 3.04. The van der Waals surface area contributed by atoms with Gasteiger partial charge in [-0.1, -0.05) is 36.4 Å². The smallest absolute Gasteiger partial charge is 0.246 e. The molecule has 2 fully saturated rings. The molecule has 4 rings (SSSR count). The molecule has 0 bridgehead atoms. The van der Waals surface area contributed by atoms with Gasteiger partial charge in [0.15, 0.2) is 0 Å². The first-order valence-corrected chi connectivity index (χ1v) is 9.36. The Morgan fingerprint density at radius 1 is 1.21 bits per heavy atom. The van der Waals surface area contributed by atoms with E-state index in [1.165, 1.54) is 5.56 Å². The summed E-state index contributed by atoms with van der Waals surface area (Å²) in [5.74, 6) is 0.898. The number of hydrogen-bond acceptors (Lipinski definition) is 3. The average molecular weight is 339 g/mol. The van der Waals surface area contributed by atoms with E-state index in [1.54, 1.807) is 17.4 Å². The normalized spacial score (nSPS) is 26.7. The molecule has 1 aromatic heterocycles. The van der Waals surface area contributed by atoms with Gasteiger partial charge in [-0.15, -0.1) is 11.3 Å². The van der Waals surface area contributed by atoms with E-state index in [4.69, 9.17) is 4.74 Å². The van der Waals surface area contributed by atoms with Crippen LogP contribution in [0.25, 0.3) is 6.08 Å². The number of hydrogen-bond donors (Lipinski definition) is 0. The SMILES string of the molecule is O=C(/C=C/c1cccs1)N1CC(c2ccccc2)C2COCCC21. The van der Waals surface area contributed by atoms with Crippen molar-refractivity contribution < 1.29 is 9.53 Å². The van der Waals surface area contributed by atoms with Crippen LogP contribution in [0.15, 0.2) is 53.9 Å². The first-order valence-electron chi connectivity index (χ1n) is 8.48. The first-order chi connectivity index (χ1) is 11.8. The number of carbonyl (C=O) groups is 1. The minimum absolute atomic E-state index is 0.124. The van der Waals surface area contributed by atoms with Gasteiger partial charge >= 0.3 is 0 Å². The molecule has 0 radical (unpaired) electrons. The maximum absolute atomic E-state index is 12.8. The van der Waals surface area contributed by atoms with E-state index in [2.05, 4.69) is 29.2 Å². The van der Waals surface area contributed by atoms with Crippen molar-refractivity contribution in [2.24, 2.45) is 5.92 Å². The highest BCUT2D eigenvalue weighted by Gasteiger charge is 2.45. The summed E-state index contributed by atoms with van der Waals surface area (Å²) in [7, 11) is 0. The van der Waals surface area contributed by atoms with Crippen LogP contribution in [0.4, 0.5) is 0 Å². The molecule has 4 heteroatoms. The number of carbonyl (C=O) groups excluding carboxylic acids is 1. The summed E-state index contributed by atoms with van der Waals surface area (Å²) < 4.78 is 5.73. The number of rotatable bonds is 3. The lowest BCUT2D eigenvalue weighted by atomic mass is 9.84. The Balaban J connectivity index is 1.55. The van der Waals surface area contributed by atoms with E-state index in [9.17, 15) is 4.79 Å². The van der Waals surface area contributed by atoms with Gasteiger partial charge in [-0.2, -0.15) is 0 Å². The van der Waals surface area contributed by atoms with Crippen LogP contribution in [0.1, 0.15) is 22.8 Å². The van der Waals surface area contributed by atoms with E-state index < -0.39 is 0 Å². The Bertz CT molecular complexity index is 711. The highest BCUT2D eigenvalue weighted by atomic mass is 32.1. The second kappa shape index (κ2) is 6.91. The fourth-order valence-corrected chi connectivity index (χ4v) is 4.56. The lowest BCUT2D eigenvalue weighted by molar-refractivity contribution is -0.128. The Hall–Kier alpha value is -1.91. The molecule has 2 aromatic rings. The molecule has 0 aliphatic carbocycles. The van der Waals surface area contributed by atoms with E-state index in [0.717, 1.165) is 31.1 Å². The molecule has 2 saturated heterocycles. The van der Waals surface area contributed by atoms with Gasteiger partial charge in [-0.25, -0.2) is 0 Å². The number of fused-ring (bicyclic) bond motifs is 1. The summed E-state index contributed by atoms with van der Waals surface area (Å²) in [5.41, 5.74) is 1.32. The Labute approximate surface area is 146 Å². The van der Waals surface area contributed by atoms with Gasteiger partial charge in [-0.3, -0.25) is 4.79 Å². The summed E-state index contributed by atoms with van der Waals surface area (Å²) in [5, 5.41) is 2.03. The molecule has 3 nitrogen and oxygen atoms in total. The highest BCUT2D eigenvalue weighted by Crippen LogP contribution is 2.40. The number of benzene rings is 1. The van der Waals surface area contributed by atoms with Gasteiger partial charge in [0.2, 0.25) is 5.91 Å². The van der Waals surface area contributed by atoms with Crippen LogP contribution >= 0.6 is 11.3 Å². The fraction of sp³-hybridized carbons (Fsp3) is 0.350. The zero-order valence-electron chi connectivity index (χ0n) is 13.5. The van der Waals surface area contributed by atoms with Gasteiger partial charge in [-0.05, 0) is 29.5 Å². The van der Waals surface area contributed by atoms with Gasteiger partial charge in [0.05, 0.1) is 6.61 Å². The van der Waals surface area contributed by atoms with Crippen LogP contribution in [-0.2, 0) is 9.53 Å². The molecule has 3 atom stereocenters. The van der Waals surface area contributed by atoms with Crippen LogP contribution in [-0.4, -0.2) is 36.6 Å². The minimum atomic E-state index is 0.124. The van der Waals surface area contributed by atoms with Gasteiger partial charge in [0, 0.05) is 42.0 Å². The fourth-order valence-electron chi connectivity index (χ4n) is 3.94. The predicted octanol–water partition coefficient (Wildman–Crippen LogP) is 3.79. The molecule has 24 heavy (non-hydrogen) atoms. The average Bonchev–Trinajstić information content (AvgIpc) is 3.28. The molecule has 1 amide bonds. The second-order valence-electron chi connectivity index (χ2n) is 6.45. The molecule has 2 aliphatic heterocycles. The van der Waals surface area contributed by atoms with Crippen LogP contribution in [0.2, 0.25) is 0 Å². The van der Waals surface area contributed by atoms with Crippen molar-refractivity contribution in [1.82, 2.24) is 4.90 Å². The Morgan fingerprint density at radius 2 is 2.08 bits per heavy atom. The predicted molar refractivity (Wildman–Crippen MR) is 97.0 cm³/mol. The molecule has 2 aliphatic rings. The molecule has 124 valence electrons. The van der Waals surface area contributed by atoms with Crippen molar-refractivity contribution in [3.05, 3.63) is 64.4 Å². The summed E-state index contributed by atoms with van der Waals surface area (Å²) >= 11 is 1.65. The van der Waals surface area contributed by atoms with E-state index >= 15 is 0 Å². The molecule has 0 saturated carbocycles. The summed E-state index contributed by atoms with van der Waals surface area (Å²) in [6, 6.07) is 14.9. The van der Waals surface area contributed by atoms with Crippen molar-refractivity contribution in [1.29, 1.82) is 0 Å². The van der Waals surface area contributed by atoms with Crippen molar-refractivity contribution >= 4 is 23.3 Å². The van der Waals surface area contributed by atoms with Gasteiger partial charge < -0.3 is 9.64 Å². The van der Waals surface area contributed by atoms with E-state index in [1.807, 2.05) is 29.7 Å². The third-order valence-electron chi connectivity index (χ3n) is 5.12. The number of likely N-dealkylation sites (tertiary alicyclic amines) is 1. The molecule has 0 N–H and O–H groups in total. The third-order valence-corrected chi connectivity index (χ3v) is 5.95.